The highest BCUT2D eigenvalue weighted by Crippen LogP contribution is 2.49. The first kappa shape index (κ1) is 19.6. The van der Waals surface area contributed by atoms with Gasteiger partial charge >= 0.3 is 0 Å². The Morgan fingerprint density at radius 2 is 1.70 bits per heavy atom. The zero-order chi connectivity index (χ0) is 19.3. The molecule has 0 saturated carbocycles. The molecule has 27 heavy (non-hydrogen) atoms. The number of ether oxygens (including phenoxy) is 3. The number of hydrogen-bond acceptors (Lipinski definition) is 4. The van der Waals surface area contributed by atoms with Crippen LogP contribution in [-0.4, -0.2) is 32.5 Å². The van der Waals surface area contributed by atoms with Crippen molar-refractivity contribution in [1.82, 2.24) is 0 Å². The standard InChI is InChI=1S/C23H30O4/c1-23(17-8-10-18(25-2)11-9-17)16-27-22-15-19(26-3)12-13-20(22)21(23)7-5-4-6-14-24/h8-13,15,21,24H,4-7,14,16H2,1-3H3. The van der Waals surface area contributed by atoms with Gasteiger partial charge in [0.15, 0.2) is 0 Å². The van der Waals surface area contributed by atoms with Crippen molar-refractivity contribution in [2.75, 3.05) is 27.4 Å². The molecule has 0 bridgehead atoms. The quantitative estimate of drug-likeness (QED) is 0.685. The van der Waals surface area contributed by atoms with E-state index in [-0.39, 0.29) is 12.0 Å². The molecular weight excluding hydrogens is 340 g/mol. The summed E-state index contributed by atoms with van der Waals surface area (Å²) in [6.07, 6.45) is 4.05. The molecule has 2 aromatic carbocycles. The summed E-state index contributed by atoms with van der Waals surface area (Å²) in [5, 5.41) is 9.10. The Bertz CT molecular complexity index is 741. The minimum Gasteiger partial charge on any atom is -0.497 e. The molecule has 2 unspecified atom stereocenters. The van der Waals surface area contributed by atoms with Crippen LogP contribution in [0.2, 0.25) is 0 Å². The average molecular weight is 370 g/mol. The average Bonchev–Trinajstić information content (AvgIpc) is 2.72. The van der Waals surface area contributed by atoms with Crippen molar-refractivity contribution in [3.05, 3.63) is 53.6 Å². The van der Waals surface area contributed by atoms with Gasteiger partial charge in [-0.1, -0.05) is 38.0 Å². The van der Waals surface area contributed by atoms with E-state index in [0.717, 1.165) is 42.9 Å². The third-order valence-corrected chi connectivity index (χ3v) is 5.79. The predicted octanol–water partition coefficient (Wildman–Crippen LogP) is 4.69. The summed E-state index contributed by atoms with van der Waals surface area (Å²) < 4.78 is 16.9. The fourth-order valence-corrected chi connectivity index (χ4v) is 4.09. The van der Waals surface area contributed by atoms with Crippen molar-refractivity contribution in [2.45, 2.75) is 43.9 Å². The lowest BCUT2D eigenvalue weighted by Crippen LogP contribution is -2.40. The maximum absolute atomic E-state index is 9.10. The van der Waals surface area contributed by atoms with Gasteiger partial charge in [0.2, 0.25) is 0 Å². The van der Waals surface area contributed by atoms with Crippen LogP contribution in [0.25, 0.3) is 0 Å². The highest BCUT2D eigenvalue weighted by atomic mass is 16.5. The van der Waals surface area contributed by atoms with E-state index in [1.54, 1.807) is 14.2 Å². The largest absolute Gasteiger partial charge is 0.497 e. The Morgan fingerprint density at radius 1 is 1.00 bits per heavy atom. The van der Waals surface area contributed by atoms with Crippen LogP contribution in [0.15, 0.2) is 42.5 Å². The van der Waals surface area contributed by atoms with Crippen LogP contribution in [0.3, 0.4) is 0 Å². The monoisotopic (exact) mass is 370 g/mol. The molecule has 1 heterocycles. The van der Waals surface area contributed by atoms with Gasteiger partial charge in [0.05, 0.1) is 20.8 Å². The Hall–Kier alpha value is -2.20. The number of fused-ring (bicyclic) bond motifs is 1. The topological polar surface area (TPSA) is 47.9 Å². The molecule has 4 heteroatoms. The Kier molecular flexibility index (Phi) is 6.27. The van der Waals surface area contributed by atoms with Gasteiger partial charge in [-0.3, -0.25) is 0 Å². The summed E-state index contributed by atoms with van der Waals surface area (Å²) in [6, 6.07) is 14.5. The number of hydrogen-bond donors (Lipinski definition) is 1. The zero-order valence-corrected chi connectivity index (χ0v) is 16.5. The van der Waals surface area contributed by atoms with Crippen LogP contribution >= 0.6 is 0 Å². The highest BCUT2D eigenvalue weighted by Gasteiger charge is 2.42. The van der Waals surface area contributed by atoms with E-state index in [0.29, 0.717) is 12.5 Å². The fourth-order valence-electron chi connectivity index (χ4n) is 4.09. The molecule has 1 aliphatic rings. The lowest BCUT2D eigenvalue weighted by atomic mass is 9.66. The molecule has 0 radical (unpaired) electrons. The summed E-state index contributed by atoms with van der Waals surface area (Å²) in [5.74, 6) is 2.95. The van der Waals surface area contributed by atoms with Gasteiger partial charge in [0.25, 0.3) is 0 Å². The smallest absolute Gasteiger partial charge is 0.126 e. The molecule has 1 aliphatic heterocycles. The molecule has 0 amide bonds. The second-order valence-electron chi connectivity index (χ2n) is 7.46. The number of methoxy groups -OCH3 is 2. The normalized spacial score (nSPS) is 21.3. The van der Waals surface area contributed by atoms with Crippen molar-refractivity contribution < 1.29 is 19.3 Å². The summed E-state index contributed by atoms with van der Waals surface area (Å²) in [4.78, 5) is 0. The SMILES string of the molecule is COc1ccc(C2(C)COc3cc(OC)ccc3C2CCCCCO)cc1. The first-order chi connectivity index (χ1) is 13.1. The van der Waals surface area contributed by atoms with Crippen molar-refractivity contribution >= 4 is 0 Å². The van der Waals surface area contributed by atoms with Gasteiger partial charge in [-0.15, -0.1) is 0 Å². The van der Waals surface area contributed by atoms with Crippen LogP contribution in [0.1, 0.15) is 49.7 Å². The molecule has 0 aromatic heterocycles. The number of aliphatic hydroxyl groups excluding tert-OH is 1. The van der Waals surface area contributed by atoms with E-state index in [1.165, 1.54) is 11.1 Å². The number of rotatable bonds is 8. The van der Waals surface area contributed by atoms with E-state index < -0.39 is 0 Å². The second kappa shape index (κ2) is 8.66. The molecular formula is C23H30O4. The Labute approximate surface area is 162 Å². The minimum atomic E-state index is -0.118. The summed E-state index contributed by atoms with van der Waals surface area (Å²) >= 11 is 0. The van der Waals surface area contributed by atoms with Crippen LogP contribution in [0.4, 0.5) is 0 Å². The molecule has 146 valence electrons. The molecule has 0 spiro atoms. The maximum Gasteiger partial charge on any atom is 0.126 e. The van der Waals surface area contributed by atoms with E-state index in [4.69, 9.17) is 19.3 Å². The first-order valence-corrected chi connectivity index (χ1v) is 9.68. The van der Waals surface area contributed by atoms with Crippen molar-refractivity contribution in [1.29, 1.82) is 0 Å². The van der Waals surface area contributed by atoms with Crippen LogP contribution in [0, 0.1) is 0 Å². The summed E-state index contributed by atoms with van der Waals surface area (Å²) in [5.41, 5.74) is 2.38. The Morgan fingerprint density at radius 3 is 2.37 bits per heavy atom. The van der Waals surface area contributed by atoms with Gasteiger partial charge in [-0.05, 0) is 42.2 Å². The van der Waals surface area contributed by atoms with Crippen LogP contribution in [-0.2, 0) is 5.41 Å². The molecule has 0 saturated heterocycles. The lowest BCUT2D eigenvalue weighted by Gasteiger charge is -2.43. The molecule has 3 rings (SSSR count). The zero-order valence-electron chi connectivity index (χ0n) is 16.5. The summed E-state index contributed by atoms with van der Waals surface area (Å²) in [6.45, 7) is 3.18. The van der Waals surface area contributed by atoms with Gasteiger partial charge in [-0.25, -0.2) is 0 Å². The number of aliphatic hydroxyl groups is 1. The molecule has 2 aromatic rings. The van der Waals surface area contributed by atoms with Gasteiger partial charge in [-0.2, -0.15) is 0 Å². The summed E-state index contributed by atoms with van der Waals surface area (Å²) in [7, 11) is 3.37. The van der Waals surface area contributed by atoms with E-state index in [9.17, 15) is 0 Å². The number of benzene rings is 2. The van der Waals surface area contributed by atoms with Gasteiger partial charge in [0, 0.05) is 24.0 Å². The minimum absolute atomic E-state index is 0.118. The highest BCUT2D eigenvalue weighted by molar-refractivity contribution is 5.48. The van der Waals surface area contributed by atoms with Gasteiger partial charge < -0.3 is 19.3 Å². The molecule has 0 aliphatic carbocycles. The Balaban J connectivity index is 1.94. The van der Waals surface area contributed by atoms with Crippen molar-refractivity contribution in [3.63, 3.8) is 0 Å². The third-order valence-electron chi connectivity index (χ3n) is 5.79. The molecule has 1 N–H and O–H groups in total. The predicted molar refractivity (Wildman–Crippen MR) is 107 cm³/mol. The molecule has 2 atom stereocenters. The van der Waals surface area contributed by atoms with E-state index in [2.05, 4.69) is 25.1 Å². The fraction of sp³-hybridized carbons (Fsp3) is 0.478. The van der Waals surface area contributed by atoms with Crippen molar-refractivity contribution in [2.24, 2.45) is 0 Å². The molecule has 0 fully saturated rings. The second-order valence-corrected chi connectivity index (χ2v) is 7.46. The lowest BCUT2D eigenvalue weighted by molar-refractivity contribution is 0.161. The van der Waals surface area contributed by atoms with E-state index in [1.807, 2.05) is 24.3 Å². The van der Waals surface area contributed by atoms with E-state index >= 15 is 0 Å². The van der Waals surface area contributed by atoms with Crippen LogP contribution < -0.4 is 14.2 Å². The number of unbranched alkanes of at least 4 members (excludes halogenated alkanes) is 2. The van der Waals surface area contributed by atoms with Gasteiger partial charge in [0.1, 0.15) is 17.2 Å². The first-order valence-electron chi connectivity index (χ1n) is 9.68. The maximum atomic E-state index is 9.10. The van der Waals surface area contributed by atoms with Crippen LogP contribution in [0.5, 0.6) is 17.2 Å². The van der Waals surface area contributed by atoms with Crippen molar-refractivity contribution in [3.8, 4) is 17.2 Å². The third kappa shape index (κ3) is 4.06. The molecule has 4 nitrogen and oxygen atoms in total.